The maximum absolute atomic E-state index is 10.4. The van der Waals surface area contributed by atoms with E-state index in [0.717, 1.165) is 41.5 Å². The van der Waals surface area contributed by atoms with Gasteiger partial charge < -0.3 is 20.8 Å². The Bertz CT molecular complexity index is 957. The molecule has 1 aromatic heterocycles. The van der Waals surface area contributed by atoms with Crippen LogP contribution in [-0.2, 0) is 0 Å². The molecule has 7 heteroatoms. The van der Waals surface area contributed by atoms with E-state index in [1.54, 1.807) is 18.2 Å². The van der Waals surface area contributed by atoms with Crippen LogP contribution < -0.4 is 10.6 Å². The third kappa shape index (κ3) is 3.78. The SMILES string of the molecule is Nc1nc(-c2cc(-c3ccc(O)cc3)ccc2O)cc(N2CCSCC2)n1. The van der Waals surface area contributed by atoms with E-state index in [1.165, 1.54) is 0 Å². The first-order chi connectivity index (χ1) is 13.1. The molecule has 0 aliphatic carbocycles. The number of aromatic hydroxyl groups is 2. The summed E-state index contributed by atoms with van der Waals surface area (Å²) in [6.07, 6.45) is 0. The topological polar surface area (TPSA) is 95.5 Å². The molecule has 0 saturated carbocycles. The summed E-state index contributed by atoms with van der Waals surface area (Å²) < 4.78 is 0. The average molecular weight is 380 g/mol. The first-order valence-electron chi connectivity index (χ1n) is 8.70. The number of benzene rings is 2. The number of rotatable bonds is 3. The van der Waals surface area contributed by atoms with Crippen LogP contribution >= 0.6 is 11.8 Å². The van der Waals surface area contributed by atoms with Gasteiger partial charge in [-0.2, -0.15) is 16.7 Å². The Morgan fingerprint density at radius 3 is 2.33 bits per heavy atom. The predicted molar refractivity (Wildman–Crippen MR) is 110 cm³/mol. The number of nitrogens with two attached hydrogens (primary N) is 1. The van der Waals surface area contributed by atoms with E-state index < -0.39 is 0 Å². The zero-order chi connectivity index (χ0) is 18.8. The Hall–Kier alpha value is -2.93. The third-order valence-corrected chi connectivity index (χ3v) is 5.48. The van der Waals surface area contributed by atoms with Crippen molar-refractivity contribution < 1.29 is 10.2 Å². The van der Waals surface area contributed by atoms with E-state index in [9.17, 15) is 10.2 Å². The quantitative estimate of drug-likeness (QED) is 0.641. The van der Waals surface area contributed by atoms with Crippen molar-refractivity contribution in [1.29, 1.82) is 0 Å². The van der Waals surface area contributed by atoms with Crippen molar-refractivity contribution in [2.24, 2.45) is 0 Å². The minimum Gasteiger partial charge on any atom is -0.508 e. The van der Waals surface area contributed by atoms with Crippen LogP contribution in [0, 0.1) is 0 Å². The minimum atomic E-state index is 0.135. The van der Waals surface area contributed by atoms with Crippen molar-refractivity contribution in [2.75, 3.05) is 35.2 Å². The van der Waals surface area contributed by atoms with Gasteiger partial charge in [0.05, 0.1) is 5.69 Å². The van der Waals surface area contributed by atoms with E-state index >= 15 is 0 Å². The van der Waals surface area contributed by atoms with Crippen LogP contribution in [0.2, 0.25) is 0 Å². The molecule has 1 saturated heterocycles. The van der Waals surface area contributed by atoms with Gasteiger partial charge in [-0.1, -0.05) is 18.2 Å². The number of aromatic nitrogens is 2. The van der Waals surface area contributed by atoms with Gasteiger partial charge in [0.25, 0.3) is 0 Å². The van der Waals surface area contributed by atoms with Crippen molar-refractivity contribution in [1.82, 2.24) is 9.97 Å². The van der Waals surface area contributed by atoms with Gasteiger partial charge in [-0.05, 0) is 35.4 Å². The molecule has 138 valence electrons. The molecule has 0 amide bonds. The molecule has 0 bridgehead atoms. The van der Waals surface area contributed by atoms with Gasteiger partial charge in [0, 0.05) is 36.2 Å². The van der Waals surface area contributed by atoms with Crippen molar-refractivity contribution in [2.45, 2.75) is 0 Å². The summed E-state index contributed by atoms with van der Waals surface area (Å²) in [5, 5.41) is 19.9. The number of nitrogens with zero attached hydrogens (tertiary/aromatic N) is 3. The van der Waals surface area contributed by atoms with Gasteiger partial charge in [-0.15, -0.1) is 0 Å². The summed E-state index contributed by atoms with van der Waals surface area (Å²) in [4.78, 5) is 10.9. The number of anilines is 2. The smallest absolute Gasteiger partial charge is 0.222 e. The fourth-order valence-corrected chi connectivity index (χ4v) is 4.02. The molecular weight excluding hydrogens is 360 g/mol. The third-order valence-electron chi connectivity index (χ3n) is 4.54. The van der Waals surface area contributed by atoms with Crippen molar-refractivity contribution >= 4 is 23.5 Å². The van der Waals surface area contributed by atoms with Crippen molar-refractivity contribution in [3.8, 4) is 33.9 Å². The lowest BCUT2D eigenvalue weighted by Crippen LogP contribution is -2.33. The molecular formula is C20H20N4O2S. The highest BCUT2D eigenvalue weighted by molar-refractivity contribution is 7.99. The summed E-state index contributed by atoms with van der Waals surface area (Å²) in [7, 11) is 0. The van der Waals surface area contributed by atoms with Crippen LogP contribution in [0.25, 0.3) is 22.4 Å². The lowest BCUT2D eigenvalue weighted by atomic mass is 10.0. The van der Waals surface area contributed by atoms with Crippen LogP contribution in [-0.4, -0.2) is 44.8 Å². The summed E-state index contributed by atoms with van der Waals surface area (Å²) in [5.74, 6) is 3.44. The molecule has 4 N–H and O–H groups in total. The van der Waals surface area contributed by atoms with Gasteiger partial charge in [0.1, 0.15) is 17.3 Å². The van der Waals surface area contributed by atoms with Gasteiger partial charge in [0.2, 0.25) is 5.95 Å². The van der Waals surface area contributed by atoms with E-state index in [0.29, 0.717) is 11.3 Å². The summed E-state index contributed by atoms with van der Waals surface area (Å²) in [5.41, 5.74) is 8.99. The molecule has 4 rings (SSSR count). The Kier molecular flexibility index (Phi) is 4.77. The number of hydrogen-bond acceptors (Lipinski definition) is 7. The number of nitrogen functional groups attached to an aromatic ring is 1. The first-order valence-corrected chi connectivity index (χ1v) is 9.86. The van der Waals surface area contributed by atoms with Crippen LogP contribution in [0.3, 0.4) is 0 Å². The normalized spacial score (nSPS) is 14.3. The van der Waals surface area contributed by atoms with Gasteiger partial charge in [0.15, 0.2) is 0 Å². The average Bonchev–Trinajstić information content (AvgIpc) is 2.69. The van der Waals surface area contributed by atoms with E-state index in [1.807, 2.05) is 42.1 Å². The van der Waals surface area contributed by atoms with Gasteiger partial charge in [-0.3, -0.25) is 0 Å². The highest BCUT2D eigenvalue weighted by Crippen LogP contribution is 2.34. The molecule has 3 aromatic rings. The van der Waals surface area contributed by atoms with Crippen LogP contribution in [0.1, 0.15) is 0 Å². The Morgan fingerprint density at radius 2 is 1.59 bits per heavy atom. The molecule has 2 aromatic carbocycles. The molecule has 0 atom stereocenters. The fourth-order valence-electron chi connectivity index (χ4n) is 3.12. The highest BCUT2D eigenvalue weighted by Gasteiger charge is 2.16. The van der Waals surface area contributed by atoms with E-state index in [2.05, 4.69) is 14.9 Å². The second kappa shape index (κ2) is 7.36. The van der Waals surface area contributed by atoms with Crippen LogP contribution in [0.5, 0.6) is 11.5 Å². The standard InChI is InChI=1S/C20H20N4O2S/c21-20-22-17(12-19(23-20)24-7-9-27-10-8-24)16-11-14(3-6-18(16)26)13-1-4-15(25)5-2-13/h1-6,11-12,25-26H,7-10H2,(H2,21,22,23). The molecule has 1 aliphatic heterocycles. The number of thioether (sulfide) groups is 1. The molecule has 27 heavy (non-hydrogen) atoms. The zero-order valence-electron chi connectivity index (χ0n) is 14.7. The second-order valence-electron chi connectivity index (χ2n) is 6.35. The molecule has 1 aliphatic rings. The van der Waals surface area contributed by atoms with E-state index in [4.69, 9.17) is 5.73 Å². The van der Waals surface area contributed by atoms with Crippen molar-refractivity contribution in [3.05, 3.63) is 48.5 Å². The minimum absolute atomic E-state index is 0.135. The lowest BCUT2D eigenvalue weighted by Gasteiger charge is -2.27. The Balaban J connectivity index is 1.75. The van der Waals surface area contributed by atoms with Crippen LogP contribution in [0.15, 0.2) is 48.5 Å². The highest BCUT2D eigenvalue weighted by atomic mass is 32.2. The monoisotopic (exact) mass is 380 g/mol. The Labute approximate surface area is 161 Å². The number of hydrogen-bond donors (Lipinski definition) is 3. The first kappa shape index (κ1) is 17.5. The molecule has 0 radical (unpaired) electrons. The summed E-state index contributed by atoms with van der Waals surface area (Å²) in [6.45, 7) is 1.83. The lowest BCUT2D eigenvalue weighted by molar-refractivity contribution is 0.475. The maximum Gasteiger partial charge on any atom is 0.222 e. The number of phenolic OH excluding ortho intramolecular Hbond substituents is 2. The van der Waals surface area contributed by atoms with Gasteiger partial charge in [-0.25, -0.2) is 4.98 Å². The summed E-state index contributed by atoms with van der Waals surface area (Å²) in [6, 6.07) is 14.2. The predicted octanol–water partition coefficient (Wildman–Crippen LogP) is 3.36. The molecule has 6 nitrogen and oxygen atoms in total. The van der Waals surface area contributed by atoms with E-state index in [-0.39, 0.29) is 17.4 Å². The van der Waals surface area contributed by atoms with Crippen molar-refractivity contribution in [3.63, 3.8) is 0 Å². The van der Waals surface area contributed by atoms with Gasteiger partial charge >= 0.3 is 0 Å². The second-order valence-corrected chi connectivity index (χ2v) is 7.57. The molecule has 2 heterocycles. The van der Waals surface area contributed by atoms with Crippen LogP contribution in [0.4, 0.5) is 11.8 Å². The molecule has 1 fully saturated rings. The fraction of sp³-hybridized carbons (Fsp3) is 0.200. The molecule has 0 unspecified atom stereocenters. The maximum atomic E-state index is 10.4. The summed E-state index contributed by atoms with van der Waals surface area (Å²) >= 11 is 1.93. The largest absolute Gasteiger partial charge is 0.508 e. The number of phenols is 2. The Morgan fingerprint density at radius 1 is 0.889 bits per heavy atom. The zero-order valence-corrected chi connectivity index (χ0v) is 15.5. The molecule has 0 spiro atoms.